The Bertz CT molecular complexity index is 2200. The number of benzene rings is 8. The van der Waals surface area contributed by atoms with Crippen LogP contribution in [0.1, 0.15) is 44.5 Å². The molecule has 0 amide bonds. The van der Waals surface area contributed by atoms with E-state index in [4.69, 9.17) is 27.1 Å². The van der Waals surface area contributed by atoms with Crippen molar-refractivity contribution in [3.05, 3.63) is 299 Å². The third-order valence-corrected chi connectivity index (χ3v) is 14.4. The van der Waals surface area contributed by atoms with Crippen LogP contribution in [0.4, 0.5) is 0 Å². The Morgan fingerprint density at radius 2 is 0.422 bits per heavy atom. The van der Waals surface area contributed by atoms with Gasteiger partial charge in [-0.1, -0.05) is 255 Å². The number of hydrogen-bond acceptors (Lipinski definition) is 6. The lowest BCUT2D eigenvalue weighted by atomic mass is 9.66. The molecule has 0 spiro atoms. The zero-order chi connectivity index (χ0) is 43.1. The molecule has 2 saturated heterocycles. The molecule has 0 radical (unpaired) electrons. The first kappa shape index (κ1) is 42.1. The van der Waals surface area contributed by atoms with Gasteiger partial charge in [-0.05, 0) is 44.5 Å². The lowest BCUT2D eigenvalue weighted by Gasteiger charge is -2.43. The van der Waals surface area contributed by atoms with Gasteiger partial charge in [-0.25, -0.2) is 0 Å². The zero-order valence-corrected chi connectivity index (χ0v) is 36.8. The van der Waals surface area contributed by atoms with E-state index in [2.05, 4.69) is 97.1 Å². The van der Waals surface area contributed by atoms with Crippen LogP contribution in [-0.2, 0) is 49.5 Å². The molecular formula is C56H46O6P2. The van der Waals surface area contributed by atoms with Crippen molar-refractivity contribution in [3.8, 4) is 0 Å². The lowest BCUT2D eigenvalue weighted by molar-refractivity contribution is 0.00370. The topological polar surface area (TPSA) is 55.4 Å². The van der Waals surface area contributed by atoms with E-state index in [0.29, 0.717) is 0 Å². The Hall–Kier alpha value is -5.88. The van der Waals surface area contributed by atoms with E-state index in [1.165, 1.54) is 0 Å². The van der Waals surface area contributed by atoms with Gasteiger partial charge in [0, 0.05) is 0 Å². The summed E-state index contributed by atoms with van der Waals surface area (Å²) < 4.78 is 42.2. The highest BCUT2D eigenvalue weighted by molar-refractivity contribution is 7.42. The standard InChI is InChI=1S/C56H46O6P2/c1-9-27-45(28-10-1)53(46-29-11-2-12-30-46)54(47-31-13-3-14-32-47,48-33-15-4-16-34-48)60-63(59-53)57-43-25-26-44-58-64-61-55(49-35-17-5-18-36-49,50-37-19-6-20-38-50)56(62-64,51-39-21-7-22-40-51)52-41-23-8-24-42-52/h1-42H,43-44H2/b26-25-. The molecule has 8 aromatic carbocycles. The van der Waals surface area contributed by atoms with E-state index in [0.717, 1.165) is 44.5 Å². The molecule has 2 aliphatic rings. The second-order valence-electron chi connectivity index (χ2n) is 15.5. The van der Waals surface area contributed by atoms with Crippen LogP contribution in [-0.4, -0.2) is 13.2 Å². The molecule has 0 bridgehead atoms. The molecule has 2 aliphatic heterocycles. The maximum atomic E-state index is 7.27. The fraction of sp³-hybridized carbons (Fsp3) is 0.107. The van der Waals surface area contributed by atoms with Crippen molar-refractivity contribution in [2.75, 3.05) is 13.2 Å². The zero-order valence-electron chi connectivity index (χ0n) is 35.0. The predicted molar refractivity (Wildman–Crippen MR) is 254 cm³/mol. The average Bonchev–Trinajstić information content (AvgIpc) is 3.94. The van der Waals surface area contributed by atoms with E-state index in [1.54, 1.807) is 0 Å². The van der Waals surface area contributed by atoms with Gasteiger partial charge in [-0.2, -0.15) is 0 Å². The van der Waals surface area contributed by atoms with Gasteiger partial charge in [-0.3, -0.25) is 18.1 Å². The van der Waals surface area contributed by atoms with Gasteiger partial charge >= 0.3 is 17.2 Å². The third kappa shape index (κ3) is 7.27. The van der Waals surface area contributed by atoms with Gasteiger partial charge in [0.25, 0.3) is 0 Å². The summed E-state index contributed by atoms with van der Waals surface area (Å²) in [4.78, 5) is 0. The van der Waals surface area contributed by atoms with Crippen molar-refractivity contribution >= 4 is 17.2 Å². The van der Waals surface area contributed by atoms with Crippen molar-refractivity contribution in [3.63, 3.8) is 0 Å². The van der Waals surface area contributed by atoms with E-state index < -0.39 is 39.6 Å². The molecule has 0 aliphatic carbocycles. The summed E-state index contributed by atoms with van der Waals surface area (Å²) in [6.07, 6.45) is 3.86. The van der Waals surface area contributed by atoms with Gasteiger partial charge in [0.15, 0.2) is 22.4 Å². The van der Waals surface area contributed by atoms with Gasteiger partial charge < -0.3 is 9.05 Å². The minimum Gasteiger partial charge on any atom is -0.308 e. The molecule has 2 fully saturated rings. The third-order valence-electron chi connectivity index (χ3n) is 12.0. The van der Waals surface area contributed by atoms with Crippen molar-refractivity contribution < 1.29 is 27.1 Å². The van der Waals surface area contributed by atoms with E-state index in [-0.39, 0.29) is 13.2 Å². The summed E-state index contributed by atoms with van der Waals surface area (Å²) in [7, 11) is -3.82. The highest BCUT2D eigenvalue weighted by Crippen LogP contribution is 2.72. The molecule has 10 rings (SSSR count). The molecule has 0 N–H and O–H groups in total. The fourth-order valence-electron chi connectivity index (χ4n) is 9.29. The summed E-state index contributed by atoms with van der Waals surface area (Å²) in [5.74, 6) is 0. The summed E-state index contributed by atoms with van der Waals surface area (Å²) in [5.41, 5.74) is 3.20. The quantitative estimate of drug-likeness (QED) is 0.0801. The van der Waals surface area contributed by atoms with Gasteiger partial charge in [0.2, 0.25) is 0 Å². The minimum absolute atomic E-state index is 0.212. The molecule has 8 aromatic rings. The summed E-state index contributed by atoms with van der Waals surface area (Å²) in [5, 5.41) is 0. The average molecular weight is 877 g/mol. The fourth-order valence-corrected chi connectivity index (χ4v) is 12.2. The maximum absolute atomic E-state index is 7.27. The molecule has 6 nitrogen and oxygen atoms in total. The first-order chi connectivity index (χ1) is 31.7. The molecule has 8 heteroatoms. The van der Waals surface area contributed by atoms with Crippen LogP contribution >= 0.6 is 17.2 Å². The second kappa shape index (κ2) is 18.7. The van der Waals surface area contributed by atoms with Crippen molar-refractivity contribution in [1.29, 1.82) is 0 Å². The maximum Gasteiger partial charge on any atom is 0.335 e. The Kier molecular flexibility index (Phi) is 12.3. The van der Waals surface area contributed by atoms with Crippen LogP contribution in [0.15, 0.2) is 255 Å². The first-order valence-electron chi connectivity index (χ1n) is 21.4. The van der Waals surface area contributed by atoms with Gasteiger partial charge in [0.05, 0.1) is 13.2 Å². The molecule has 64 heavy (non-hydrogen) atoms. The molecular weight excluding hydrogens is 831 g/mol. The summed E-state index contributed by atoms with van der Waals surface area (Å²) in [6, 6.07) is 82.6. The minimum atomic E-state index is -1.91. The van der Waals surface area contributed by atoms with Crippen molar-refractivity contribution in [2.45, 2.75) is 22.4 Å². The Labute approximate surface area is 377 Å². The second-order valence-corrected chi connectivity index (χ2v) is 17.7. The van der Waals surface area contributed by atoms with Crippen LogP contribution in [0.2, 0.25) is 0 Å². The molecule has 316 valence electrons. The molecule has 0 unspecified atom stereocenters. The normalized spacial score (nSPS) is 17.7. The number of rotatable bonds is 14. The van der Waals surface area contributed by atoms with Crippen LogP contribution in [0.5, 0.6) is 0 Å². The summed E-state index contributed by atoms with van der Waals surface area (Å²) >= 11 is 0. The summed E-state index contributed by atoms with van der Waals surface area (Å²) in [6.45, 7) is 0.425. The van der Waals surface area contributed by atoms with E-state index in [9.17, 15) is 0 Å². The van der Waals surface area contributed by atoms with E-state index in [1.807, 2.05) is 158 Å². The largest absolute Gasteiger partial charge is 0.335 e. The highest BCUT2D eigenvalue weighted by atomic mass is 31.2. The van der Waals surface area contributed by atoms with Crippen LogP contribution in [0.3, 0.4) is 0 Å². The highest BCUT2D eigenvalue weighted by Gasteiger charge is 2.67. The van der Waals surface area contributed by atoms with Crippen molar-refractivity contribution in [1.82, 2.24) is 0 Å². The predicted octanol–water partition coefficient (Wildman–Crippen LogP) is 13.9. The Balaban J connectivity index is 0.956. The van der Waals surface area contributed by atoms with Crippen LogP contribution < -0.4 is 0 Å². The van der Waals surface area contributed by atoms with Crippen LogP contribution in [0.25, 0.3) is 0 Å². The first-order valence-corrected chi connectivity index (χ1v) is 23.6. The van der Waals surface area contributed by atoms with Gasteiger partial charge in [0.1, 0.15) is 0 Å². The van der Waals surface area contributed by atoms with Crippen molar-refractivity contribution in [2.24, 2.45) is 0 Å². The van der Waals surface area contributed by atoms with E-state index >= 15 is 0 Å². The molecule has 0 atom stereocenters. The lowest BCUT2D eigenvalue weighted by Crippen LogP contribution is -2.48. The molecule has 0 saturated carbocycles. The molecule has 2 heterocycles. The SMILES string of the molecule is C(=C/COP1OC(c2ccccc2)(c2ccccc2)C(c2ccccc2)(c2ccccc2)O1)/COP1OC(c2ccccc2)(c2ccccc2)C(c2ccccc2)(c2ccccc2)O1. The monoisotopic (exact) mass is 876 g/mol. The number of hydrogen-bond donors (Lipinski definition) is 0. The Morgan fingerprint density at radius 3 is 0.578 bits per heavy atom. The van der Waals surface area contributed by atoms with Crippen LogP contribution in [0, 0.1) is 0 Å². The smallest absolute Gasteiger partial charge is 0.308 e. The Morgan fingerprint density at radius 1 is 0.266 bits per heavy atom. The van der Waals surface area contributed by atoms with Gasteiger partial charge in [-0.15, -0.1) is 0 Å². The molecule has 0 aromatic heterocycles.